The number of carbonyl (C=O) groups excluding carboxylic acids is 1. The van der Waals surface area contributed by atoms with Gasteiger partial charge in [0.15, 0.2) is 0 Å². The second-order valence-corrected chi connectivity index (χ2v) is 8.85. The van der Waals surface area contributed by atoms with E-state index in [2.05, 4.69) is 5.32 Å². The summed E-state index contributed by atoms with van der Waals surface area (Å²) in [6.45, 7) is 0. The van der Waals surface area contributed by atoms with Crippen molar-refractivity contribution >= 4 is 44.6 Å². The highest BCUT2D eigenvalue weighted by Gasteiger charge is 2.38. The molecule has 2 aromatic carbocycles. The van der Waals surface area contributed by atoms with E-state index in [1.165, 1.54) is 25.3 Å². The Morgan fingerprint density at radius 1 is 1.10 bits per heavy atom. The topological polar surface area (TPSA) is 96.6 Å². The van der Waals surface area contributed by atoms with Gasteiger partial charge in [0.25, 0.3) is 5.91 Å². The number of aromatic nitrogens is 1. The fourth-order valence-corrected chi connectivity index (χ4v) is 5.67. The monoisotopic (exact) mass is 451 g/mol. The number of pyridine rings is 1. The van der Waals surface area contributed by atoms with Crippen molar-refractivity contribution in [2.45, 2.75) is 9.79 Å². The smallest absolute Gasteiger partial charge is 0.256 e. The van der Waals surface area contributed by atoms with Gasteiger partial charge in [0.05, 0.1) is 17.7 Å². The molecule has 0 saturated heterocycles. The first-order chi connectivity index (χ1) is 13.8. The highest BCUT2D eigenvalue weighted by Crippen LogP contribution is 2.49. The number of amides is 1. The number of nitrogens with zero attached hydrogens (tertiary/aromatic N) is 1. The summed E-state index contributed by atoms with van der Waals surface area (Å²) in [4.78, 5) is 13.1. The van der Waals surface area contributed by atoms with Crippen LogP contribution in [0.5, 0.6) is 5.75 Å². The molecule has 4 rings (SSSR count). The summed E-state index contributed by atoms with van der Waals surface area (Å²) in [6, 6.07) is 9.31. The number of rotatable bonds is 3. The lowest BCUT2D eigenvalue weighted by atomic mass is 9.98. The molecule has 0 atom stereocenters. The molecule has 1 amide bonds. The Morgan fingerprint density at radius 2 is 1.76 bits per heavy atom. The quantitative estimate of drug-likeness (QED) is 0.366. The largest absolute Gasteiger partial charge is 0.495 e. The number of hydrogen-bond acceptors (Lipinski definition) is 5. The van der Waals surface area contributed by atoms with E-state index in [1.54, 1.807) is 18.2 Å². The summed E-state index contributed by atoms with van der Waals surface area (Å²) < 4.78 is 32.0. The molecule has 0 bridgehead atoms. The van der Waals surface area contributed by atoms with Crippen molar-refractivity contribution in [2.24, 2.45) is 0 Å². The first-order valence-electron chi connectivity index (χ1n) is 8.22. The molecular formula is C19H13Cl2N2O5S+. The van der Waals surface area contributed by atoms with Crippen LogP contribution < -0.4 is 14.8 Å². The average Bonchev–Trinajstić information content (AvgIpc) is 2.92. The molecule has 7 nitrogen and oxygen atoms in total. The lowest BCUT2D eigenvalue weighted by Gasteiger charge is -2.13. The maximum Gasteiger partial charge on any atom is 0.256 e. The third-order valence-electron chi connectivity index (χ3n) is 4.51. The van der Waals surface area contributed by atoms with Gasteiger partial charge in [0.2, 0.25) is 22.2 Å². The van der Waals surface area contributed by atoms with Crippen molar-refractivity contribution in [1.29, 1.82) is 0 Å². The zero-order valence-electron chi connectivity index (χ0n) is 14.8. The van der Waals surface area contributed by atoms with Crippen molar-refractivity contribution in [1.82, 2.24) is 0 Å². The van der Waals surface area contributed by atoms with Gasteiger partial charge in [-0.1, -0.05) is 41.4 Å². The number of ether oxygens (including phenoxy) is 1. The molecule has 1 aliphatic rings. The van der Waals surface area contributed by atoms with Gasteiger partial charge >= 0.3 is 0 Å². The van der Waals surface area contributed by atoms with Crippen molar-refractivity contribution < 1.29 is 27.9 Å². The van der Waals surface area contributed by atoms with E-state index in [0.717, 1.165) is 12.4 Å². The van der Waals surface area contributed by atoms with Crippen LogP contribution in [0.15, 0.2) is 58.6 Å². The van der Waals surface area contributed by atoms with Gasteiger partial charge in [-0.05, 0) is 18.2 Å². The predicted octanol–water partition coefficient (Wildman–Crippen LogP) is 3.59. The predicted molar refractivity (Wildman–Crippen MR) is 106 cm³/mol. The number of anilines is 1. The summed E-state index contributed by atoms with van der Waals surface area (Å²) in [7, 11) is -2.49. The highest BCUT2D eigenvalue weighted by molar-refractivity contribution is 7.92. The third-order valence-corrected chi connectivity index (χ3v) is 6.96. The fraction of sp³-hybridized carbons (Fsp3) is 0.0526. The zero-order chi connectivity index (χ0) is 20.9. The van der Waals surface area contributed by atoms with Gasteiger partial charge in [0, 0.05) is 21.4 Å². The number of methoxy groups -OCH3 is 1. The summed E-state index contributed by atoms with van der Waals surface area (Å²) in [6.07, 6.45) is 2.31. The number of fused-ring (bicyclic) bond motifs is 3. The fourth-order valence-electron chi connectivity index (χ4n) is 3.28. The Bertz CT molecular complexity index is 1270. The van der Waals surface area contributed by atoms with E-state index in [-0.39, 0.29) is 42.4 Å². The molecule has 0 aliphatic carbocycles. The number of carbonyl (C=O) groups is 1. The first-order valence-corrected chi connectivity index (χ1v) is 10.5. The van der Waals surface area contributed by atoms with Gasteiger partial charge in [-0.2, -0.15) is 0 Å². The molecule has 2 heterocycles. The van der Waals surface area contributed by atoms with E-state index < -0.39 is 15.7 Å². The Hall–Kier alpha value is -2.81. The summed E-state index contributed by atoms with van der Waals surface area (Å²) in [5, 5.41) is 12.1. The van der Waals surface area contributed by atoms with Gasteiger partial charge in [0.1, 0.15) is 20.7 Å². The maximum atomic E-state index is 13.1. The van der Waals surface area contributed by atoms with Crippen LogP contribution in [0.1, 0.15) is 10.4 Å². The molecule has 148 valence electrons. The highest BCUT2D eigenvalue weighted by atomic mass is 35.5. The minimum atomic E-state index is -3.85. The Labute approximate surface area is 176 Å². The lowest BCUT2D eigenvalue weighted by molar-refractivity contribution is -0.904. The van der Waals surface area contributed by atoms with Crippen LogP contribution in [0.2, 0.25) is 10.0 Å². The Kier molecular flexibility index (Phi) is 4.65. The van der Waals surface area contributed by atoms with Crippen LogP contribution in [0.3, 0.4) is 0 Å². The first kappa shape index (κ1) is 19.5. The normalized spacial score (nSPS) is 13.5. The van der Waals surface area contributed by atoms with Crippen LogP contribution in [0.4, 0.5) is 5.69 Å². The van der Waals surface area contributed by atoms with Gasteiger partial charge in [-0.25, -0.2) is 8.42 Å². The van der Waals surface area contributed by atoms with E-state index in [9.17, 15) is 18.4 Å². The standard InChI is InChI=1S/C19H12Cl2N2O5S/c1-28-14-7-6-11(19(24)22-17-12(20)8-23(25)9-13(17)21)16-10-4-2-3-5-15(10)29(26,27)18(14)16/h2-9,25H,1H3/p+1. The number of halogens is 2. The second-order valence-electron chi connectivity index (χ2n) is 6.18. The third kappa shape index (κ3) is 3.00. The van der Waals surface area contributed by atoms with Crippen LogP contribution in [-0.2, 0) is 9.84 Å². The molecule has 3 aromatic rings. The Balaban J connectivity index is 1.91. The van der Waals surface area contributed by atoms with E-state index >= 15 is 0 Å². The molecule has 0 radical (unpaired) electrons. The summed E-state index contributed by atoms with van der Waals surface area (Å²) in [5.41, 5.74) is 0.854. The Morgan fingerprint density at radius 3 is 2.41 bits per heavy atom. The summed E-state index contributed by atoms with van der Waals surface area (Å²) >= 11 is 12.1. The number of sulfone groups is 1. The van der Waals surface area contributed by atoms with E-state index in [0.29, 0.717) is 10.3 Å². The zero-order valence-corrected chi connectivity index (χ0v) is 17.1. The van der Waals surface area contributed by atoms with Crippen molar-refractivity contribution in [2.75, 3.05) is 12.4 Å². The van der Waals surface area contributed by atoms with E-state index in [1.807, 2.05) is 0 Å². The van der Waals surface area contributed by atoms with Crippen LogP contribution in [0.25, 0.3) is 11.1 Å². The minimum Gasteiger partial charge on any atom is -0.495 e. The molecule has 0 spiro atoms. The lowest BCUT2D eigenvalue weighted by Crippen LogP contribution is -2.29. The summed E-state index contributed by atoms with van der Waals surface area (Å²) in [5.74, 6) is -0.472. The van der Waals surface area contributed by atoms with Gasteiger partial charge < -0.3 is 10.1 Å². The SMILES string of the molecule is COc1ccc(C(=O)Nc2c(Cl)c[n+](O)cc2Cl)c2c1S(=O)(=O)c1ccccc1-2. The van der Waals surface area contributed by atoms with Crippen LogP contribution in [-0.4, -0.2) is 26.6 Å². The van der Waals surface area contributed by atoms with Gasteiger partial charge in [-0.3, -0.25) is 10.0 Å². The molecule has 1 aromatic heterocycles. The molecule has 2 N–H and O–H groups in total. The minimum absolute atomic E-state index is 0.00605. The van der Waals surface area contributed by atoms with Crippen molar-refractivity contribution in [3.05, 3.63) is 64.4 Å². The van der Waals surface area contributed by atoms with Crippen molar-refractivity contribution in [3.63, 3.8) is 0 Å². The van der Waals surface area contributed by atoms with E-state index in [4.69, 9.17) is 27.9 Å². The van der Waals surface area contributed by atoms with Crippen LogP contribution >= 0.6 is 23.2 Å². The molecule has 29 heavy (non-hydrogen) atoms. The molecule has 0 unspecified atom stereocenters. The molecule has 10 heteroatoms. The second kappa shape index (κ2) is 6.91. The molecule has 0 fully saturated rings. The van der Waals surface area contributed by atoms with Gasteiger partial charge in [-0.15, -0.1) is 0 Å². The molecule has 0 saturated carbocycles. The number of benzene rings is 2. The van der Waals surface area contributed by atoms with Crippen LogP contribution in [0, 0.1) is 0 Å². The molecular weight excluding hydrogens is 439 g/mol. The average molecular weight is 452 g/mol. The number of hydrogen-bond donors (Lipinski definition) is 2. The maximum absolute atomic E-state index is 13.1. The molecule has 1 aliphatic heterocycles. The van der Waals surface area contributed by atoms with Crippen molar-refractivity contribution in [3.8, 4) is 16.9 Å². The number of nitrogens with one attached hydrogen (secondary N) is 1.